The summed E-state index contributed by atoms with van der Waals surface area (Å²) in [6.07, 6.45) is 3.96. The average Bonchev–Trinajstić information content (AvgIpc) is 2.85. The quantitative estimate of drug-likeness (QED) is 0.481. The van der Waals surface area contributed by atoms with Crippen LogP contribution in [0.15, 0.2) is 24.3 Å². The van der Waals surface area contributed by atoms with Gasteiger partial charge in [-0.15, -0.1) is 0 Å². The van der Waals surface area contributed by atoms with Gasteiger partial charge in [0.05, 0.1) is 10.9 Å². The molecule has 7 heteroatoms. The molecule has 0 radical (unpaired) electrons. The minimum Gasteiger partial charge on any atom is -0.479 e. The number of carbonyl (C=O) groups is 1. The normalized spacial score (nSPS) is 18.4. The maximum atomic E-state index is 13.6. The van der Waals surface area contributed by atoms with Crippen molar-refractivity contribution >= 4 is 16.0 Å². The van der Waals surface area contributed by atoms with Gasteiger partial charge in [-0.2, -0.15) is 4.31 Å². The van der Waals surface area contributed by atoms with E-state index in [-0.39, 0.29) is 5.25 Å². The van der Waals surface area contributed by atoms with Gasteiger partial charge in [-0.3, -0.25) is 0 Å². The van der Waals surface area contributed by atoms with Crippen molar-refractivity contribution in [2.24, 2.45) is 0 Å². The monoisotopic (exact) mass is 527 g/mol. The number of sulfonamides is 1. The highest BCUT2D eigenvalue weighted by Gasteiger charge is 2.38. The maximum Gasteiger partial charge on any atom is 0.337 e. The smallest absolute Gasteiger partial charge is 0.337 e. The van der Waals surface area contributed by atoms with E-state index >= 15 is 0 Å². The molecule has 4 rings (SSSR count). The van der Waals surface area contributed by atoms with Crippen LogP contribution in [0, 0.1) is 20.8 Å². The van der Waals surface area contributed by atoms with Gasteiger partial charge in [0, 0.05) is 18.7 Å². The third-order valence-electron chi connectivity index (χ3n) is 7.90. The number of fused-ring (bicyclic) bond motifs is 1. The molecule has 2 aliphatic rings. The number of rotatable bonds is 6. The third kappa shape index (κ3) is 5.64. The van der Waals surface area contributed by atoms with Crippen molar-refractivity contribution in [3.63, 3.8) is 0 Å². The van der Waals surface area contributed by atoms with Crippen molar-refractivity contribution in [3.05, 3.63) is 57.6 Å². The van der Waals surface area contributed by atoms with Gasteiger partial charge in [-0.05, 0) is 94.2 Å². The molecule has 0 spiro atoms. The Balaban J connectivity index is 1.88. The number of ether oxygens (including phenoxy) is 1. The number of nitrogens with zero attached hydrogens (tertiary/aromatic N) is 1. The molecule has 37 heavy (non-hydrogen) atoms. The van der Waals surface area contributed by atoms with E-state index in [1.54, 1.807) is 4.31 Å². The van der Waals surface area contributed by atoms with Crippen LogP contribution in [0.4, 0.5) is 0 Å². The Bertz CT molecular complexity index is 1270. The molecule has 6 nitrogen and oxygen atoms in total. The molecule has 1 atom stereocenters. The fourth-order valence-corrected chi connectivity index (χ4v) is 8.00. The van der Waals surface area contributed by atoms with Gasteiger partial charge >= 0.3 is 5.97 Å². The van der Waals surface area contributed by atoms with Crippen LogP contribution < -0.4 is 0 Å². The summed E-state index contributed by atoms with van der Waals surface area (Å²) in [6, 6.07) is 8.08. The maximum absolute atomic E-state index is 13.6. The lowest BCUT2D eigenvalue weighted by molar-refractivity contribution is -0.160. The summed E-state index contributed by atoms with van der Waals surface area (Å²) in [4.78, 5) is 12.6. The molecule has 2 aromatic rings. The van der Waals surface area contributed by atoms with Crippen LogP contribution >= 0.6 is 0 Å². The highest BCUT2D eigenvalue weighted by atomic mass is 32.2. The van der Waals surface area contributed by atoms with Crippen LogP contribution in [0.5, 0.6) is 0 Å². The second-order valence-corrected chi connectivity index (χ2v) is 13.9. The molecule has 1 saturated carbocycles. The second kappa shape index (κ2) is 10.5. The molecule has 1 heterocycles. The SMILES string of the molecule is Cc1ccc(-c2c(C)c3c(c(C)c2C(OC(C)(C)C)C(=O)O)CCN(S(=O)(=O)C2CCCCC2)C3)cc1. The number of hydrogen-bond acceptors (Lipinski definition) is 4. The molecule has 1 aliphatic carbocycles. The van der Waals surface area contributed by atoms with E-state index < -0.39 is 27.7 Å². The lowest BCUT2D eigenvalue weighted by Gasteiger charge is -2.36. The third-order valence-corrected chi connectivity index (χ3v) is 10.2. The van der Waals surface area contributed by atoms with Crippen molar-refractivity contribution in [1.82, 2.24) is 4.31 Å². The van der Waals surface area contributed by atoms with Crippen LogP contribution in [0.2, 0.25) is 0 Å². The molecule has 0 saturated heterocycles. The number of carboxylic acids is 1. The molecule has 1 unspecified atom stereocenters. The summed E-state index contributed by atoms with van der Waals surface area (Å²) in [6.45, 7) is 12.3. The fraction of sp³-hybridized carbons (Fsp3) is 0.567. The number of hydrogen-bond donors (Lipinski definition) is 1. The van der Waals surface area contributed by atoms with Crippen molar-refractivity contribution in [2.45, 2.75) is 104 Å². The Hall–Kier alpha value is -2.22. The van der Waals surface area contributed by atoms with E-state index in [1.165, 1.54) is 0 Å². The molecule has 1 aliphatic heterocycles. The highest BCUT2D eigenvalue weighted by Crippen LogP contribution is 2.43. The van der Waals surface area contributed by atoms with E-state index in [4.69, 9.17) is 4.74 Å². The standard InChI is InChI=1S/C30H41NO5S/c1-19-12-14-22(15-13-19)26-21(3)25-18-31(37(34,35)23-10-8-7-9-11-23)17-16-24(25)20(2)27(26)28(29(32)33)36-30(4,5)6/h12-15,23,28H,7-11,16-18H2,1-6H3,(H,32,33). The Morgan fingerprint density at radius 1 is 1.00 bits per heavy atom. The van der Waals surface area contributed by atoms with Gasteiger partial charge in [0.2, 0.25) is 10.0 Å². The van der Waals surface area contributed by atoms with Crippen LogP contribution in [-0.4, -0.2) is 41.2 Å². The highest BCUT2D eigenvalue weighted by molar-refractivity contribution is 7.89. The number of aryl methyl sites for hydroxylation is 1. The summed E-state index contributed by atoms with van der Waals surface area (Å²) in [7, 11) is -3.39. The van der Waals surface area contributed by atoms with E-state index in [9.17, 15) is 18.3 Å². The summed E-state index contributed by atoms with van der Waals surface area (Å²) in [5.74, 6) is -1.02. The van der Waals surface area contributed by atoms with Gasteiger partial charge < -0.3 is 9.84 Å². The molecule has 0 bridgehead atoms. The van der Waals surface area contributed by atoms with Gasteiger partial charge in [-0.1, -0.05) is 49.1 Å². The van der Waals surface area contributed by atoms with Crippen LogP contribution in [0.3, 0.4) is 0 Å². The molecule has 202 valence electrons. The summed E-state index contributed by atoms with van der Waals surface area (Å²) in [5, 5.41) is 10.0. The average molecular weight is 528 g/mol. The number of carboxylic acid groups (broad SMARTS) is 1. The molecule has 2 aromatic carbocycles. The van der Waals surface area contributed by atoms with Gasteiger partial charge in [0.1, 0.15) is 0 Å². The summed E-state index contributed by atoms with van der Waals surface area (Å²) in [5.41, 5.74) is 6.77. The second-order valence-electron chi connectivity index (χ2n) is 11.7. The van der Waals surface area contributed by atoms with Gasteiger partial charge in [0.15, 0.2) is 6.10 Å². The molecule has 0 amide bonds. The van der Waals surface area contributed by atoms with Crippen LogP contribution in [0.1, 0.15) is 92.4 Å². The Morgan fingerprint density at radius 2 is 1.62 bits per heavy atom. The molecule has 1 N–H and O–H groups in total. The lowest BCUT2D eigenvalue weighted by atomic mass is 9.80. The van der Waals surface area contributed by atoms with Crippen molar-refractivity contribution in [1.29, 1.82) is 0 Å². The summed E-state index contributed by atoms with van der Waals surface area (Å²) >= 11 is 0. The molecular weight excluding hydrogens is 486 g/mol. The largest absolute Gasteiger partial charge is 0.479 e. The molecule has 1 fully saturated rings. The Kier molecular flexibility index (Phi) is 7.89. The first-order valence-corrected chi connectivity index (χ1v) is 14.9. The van der Waals surface area contributed by atoms with E-state index in [0.717, 1.165) is 71.0 Å². The Labute approximate surface area is 222 Å². The van der Waals surface area contributed by atoms with Crippen molar-refractivity contribution < 1.29 is 23.1 Å². The first-order chi connectivity index (χ1) is 17.3. The predicted molar refractivity (Wildman–Crippen MR) is 147 cm³/mol. The molecule has 0 aromatic heterocycles. The number of benzene rings is 2. The van der Waals surface area contributed by atoms with E-state index in [2.05, 4.69) is 0 Å². The summed E-state index contributed by atoms with van der Waals surface area (Å²) < 4.78 is 35.0. The predicted octanol–water partition coefficient (Wildman–Crippen LogP) is 6.24. The first kappa shape index (κ1) is 27.8. The Morgan fingerprint density at radius 3 is 2.19 bits per heavy atom. The number of aliphatic carboxylic acids is 1. The van der Waals surface area contributed by atoms with Gasteiger partial charge in [0.25, 0.3) is 0 Å². The lowest BCUT2D eigenvalue weighted by Crippen LogP contribution is -2.43. The minimum absolute atomic E-state index is 0.295. The van der Waals surface area contributed by atoms with Gasteiger partial charge in [-0.25, -0.2) is 13.2 Å². The zero-order chi connectivity index (χ0) is 27.1. The van der Waals surface area contributed by atoms with Crippen molar-refractivity contribution in [3.8, 4) is 11.1 Å². The van der Waals surface area contributed by atoms with Crippen molar-refractivity contribution in [2.75, 3.05) is 6.54 Å². The van der Waals surface area contributed by atoms with E-state index in [1.807, 2.05) is 65.8 Å². The minimum atomic E-state index is -3.39. The zero-order valence-electron chi connectivity index (χ0n) is 23.1. The van der Waals surface area contributed by atoms with E-state index in [0.29, 0.717) is 25.1 Å². The fourth-order valence-electron chi connectivity index (χ4n) is 6.00. The zero-order valence-corrected chi connectivity index (χ0v) is 23.9. The van der Waals surface area contributed by atoms with Crippen LogP contribution in [0.25, 0.3) is 11.1 Å². The molecular formula is C30H41NO5S. The first-order valence-electron chi connectivity index (χ1n) is 13.4. The topological polar surface area (TPSA) is 83.9 Å². The van der Waals surface area contributed by atoms with Crippen LogP contribution in [-0.2, 0) is 32.5 Å².